The summed E-state index contributed by atoms with van der Waals surface area (Å²) in [6.07, 6.45) is 3.21. The summed E-state index contributed by atoms with van der Waals surface area (Å²) >= 11 is 1.37. The molecule has 104 valence electrons. The summed E-state index contributed by atoms with van der Waals surface area (Å²) in [6, 6.07) is 6.31. The van der Waals surface area contributed by atoms with E-state index in [4.69, 9.17) is 5.73 Å². The van der Waals surface area contributed by atoms with E-state index in [1.54, 1.807) is 12.1 Å². The molecule has 7 nitrogen and oxygen atoms in total. The molecule has 0 spiro atoms. The molecule has 1 aromatic carbocycles. The van der Waals surface area contributed by atoms with Crippen molar-refractivity contribution in [1.29, 1.82) is 0 Å². The minimum atomic E-state index is -0.583. The number of phenols is 1. The molecular formula is C12H12N4O3S. The highest BCUT2D eigenvalue weighted by Crippen LogP contribution is 2.34. The van der Waals surface area contributed by atoms with Gasteiger partial charge < -0.3 is 16.2 Å². The highest BCUT2D eigenvalue weighted by molar-refractivity contribution is 7.98. The first-order chi connectivity index (χ1) is 9.52. The standard InChI is InChI=1S/C12H12N4O3S/c1-20-10-6-7(2-3-9(10)17)15-8-4-5-14-12(13)11(8)16(18)19/h2-6,17H,1H3,(H3,13,14,15). The molecule has 0 bridgehead atoms. The number of thioether (sulfide) groups is 1. The zero-order chi connectivity index (χ0) is 14.7. The van der Waals surface area contributed by atoms with Crippen LogP contribution in [0.5, 0.6) is 5.75 Å². The Balaban J connectivity index is 2.40. The first-order valence-corrected chi connectivity index (χ1v) is 6.78. The van der Waals surface area contributed by atoms with Crippen molar-refractivity contribution in [2.24, 2.45) is 0 Å². The van der Waals surface area contributed by atoms with E-state index in [1.807, 2.05) is 6.26 Å². The molecule has 0 radical (unpaired) electrons. The van der Waals surface area contributed by atoms with Crippen LogP contribution in [0.25, 0.3) is 0 Å². The molecule has 2 rings (SSSR count). The van der Waals surface area contributed by atoms with Crippen LogP contribution in [0.15, 0.2) is 35.4 Å². The number of hydrogen-bond acceptors (Lipinski definition) is 7. The highest BCUT2D eigenvalue weighted by Gasteiger charge is 2.19. The van der Waals surface area contributed by atoms with Gasteiger partial charge in [0.2, 0.25) is 5.82 Å². The molecule has 0 aliphatic carbocycles. The van der Waals surface area contributed by atoms with Crippen LogP contribution in [0.3, 0.4) is 0 Å². The Kier molecular flexibility index (Phi) is 3.94. The topological polar surface area (TPSA) is 114 Å². The van der Waals surface area contributed by atoms with Crippen LogP contribution in [0, 0.1) is 10.1 Å². The Hall–Kier alpha value is -2.48. The Bertz CT molecular complexity index is 663. The maximum Gasteiger partial charge on any atom is 0.334 e. The predicted octanol–water partition coefficient (Wildman–Crippen LogP) is 2.74. The summed E-state index contributed by atoms with van der Waals surface area (Å²) in [7, 11) is 0. The fourth-order valence-corrected chi connectivity index (χ4v) is 2.20. The maximum absolute atomic E-state index is 11.0. The van der Waals surface area contributed by atoms with Crippen LogP contribution in [0.2, 0.25) is 0 Å². The van der Waals surface area contributed by atoms with Gasteiger partial charge in [-0.3, -0.25) is 10.1 Å². The number of nitrogen functional groups attached to an aromatic ring is 1. The average Bonchev–Trinajstić information content (AvgIpc) is 2.40. The van der Waals surface area contributed by atoms with Crippen molar-refractivity contribution in [3.05, 3.63) is 40.6 Å². The Morgan fingerprint density at radius 3 is 2.85 bits per heavy atom. The van der Waals surface area contributed by atoms with Gasteiger partial charge in [-0.15, -0.1) is 11.8 Å². The van der Waals surface area contributed by atoms with Crippen molar-refractivity contribution in [3.8, 4) is 5.75 Å². The van der Waals surface area contributed by atoms with E-state index in [-0.39, 0.29) is 22.9 Å². The van der Waals surface area contributed by atoms with Crippen LogP contribution in [0.1, 0.15) is 0 Å². The number of benzene rings is 1. The first-order valence-electron chi connectivity index (χ1n) is 5.56. The monoisotopic (exact) mass is 292 g/mol. The third-order valence-corrected chi connectivity index (χ3v) is 3.36. The lowest BCUT2D eigenvalue weighted by Crippen LogP contribution is -2.02. The van der Waals surface area contributed by atoms with E-state index < -0.39 is 4.92 Å². The Labute approximate surface area is 119 Å². The fraction of sp³-hybridized carbons (Fsp3) is 0.0833. The molecule has 0 saturated carbocycles. The normalized spacial score (nSPS) is 10.2. The largest absolute Gasteiger partial charge is 0.507 e. The summed E-state index contributed by atoms with van der Waals surface area (Å²) in [5, 5.41) is 23.5. The SMILES string of the molecule is CSc1cc(Nc2ccnc(N)c2[N+](=O)[O-])ccc1O. The van der Waals surface area contributed by atoms with Crippen molar-refractivity contribution in [3.63, 3.8) is 0 Å². The van der Waals surface area contributed by atoms with Gasteiger partial charge in [-0.25, -0.2) is 4.98 Å². The third-order valence-electron chi connectivity index (χ3n) is 2.59. The number of nitrogens with zero attached hydrogens (tertiary/aromatic N) is 2. The average molecular weight is 292 g/mol. The molecule has 0 atom stereocenters. The summed E-state index contributed by atoms with van der Waals surface area (Å²) in [5.41, 5.74) is 6.11. The van der Waals surface area contributed by atoms with Crippen LogP contribution >= 0.6 is 11.8 Å². The number of phenolic OH excluding ortho intramolecular Hbond substituents is 1. The summed E-state index contributed by atoms with van der Waals surface area (Å²) < 4.78 is 0. The molecule has 0 saturated heterocycles. The summed E-state index contributed by atoms with van der Waals surface area (Å²) in [5.74, 6) is 0.00987. The zero-order valence-electron chi connectivity index (χ0n) is 10.5. The van der Waals surface area contributed by atoms with Gasteiger partial charge in [0.15, 0.2) is 0 Å². The second-order valence-electron chi connectivity index (χ2n) is 3.86. The van der Waals surface area contributed by atoms with E-state index in [0.717, 1.165) is 0 Å². The molecule has 20 heavy (non-hydrogen) atoms. The minimum absolute atomic E-state index is 0.149. The second kappa shape index (κ2) is 5.66. The maximum atomic E-state index is 11.0. The van der Waals surface area contributed by atoms with E-state index >= 15 is 0 Å². The van der Waals surface area contributed by atoms with Crippen LogP contribution in [-0.2, 0) is 0 Å². The quantitative estimate of drug-likeness (QED) is 0.343. The van der Waals surface area contributed by atoms with Crippen molar-refractivity contribution < 1.29 is 10.0 Å². The van der Waals surface area contributed by atoms with E-state index in [2.05, 4.69) is 10.3 Å². The molecule has 0 unspecified atom stereocenters. The van der Waals surface area contributed by atoms with Gasteiger partial charge in [0.25, 0.3) is 0 Å². The molecule has 1 heterocycles. The van der Waals surface area contributed by atoms with Crippen molar-refractivity contribution >= 4 is 34.6 Å². The predicted molar refractivity (Wildman–Crippen MR) is 78.5 cm³/mol. The van der Waals surface area contributed by atoms with Crippen LogP contribution in [-0.4, -0.2) is 21.3 Å². The van der Waals surface area contributed by atoms with Gasteiger partial charge in [0.1, 0.15) is 11.4 Å². The number of anilines is 3. The molecule has 0 fully saturated rings. The Morgan fingerprint density at radius 1 is 1.45 bits per heavy atom. The number of rotatable bonds is 4. The van der Waals surface area contributed by atoms with E-state index in [0.29, 0.717) is 10.6 Å². The molecular weight excluding hydrogens is 280 g/mol. The van der Waals surface area contributed by atoms with Gasteiger partial charge in [0.05, 0.1) is 9.82 Å². The molecule has 2 aromatic rings. The molecule has 4 N–H and O–H groups in total. The highest BCUT2D eigenvalue weighted by atomic mass is 32.2. The summed E-state index contributed by atoms with van der Waals surface area (Å²) in [6.45, 7) is 0. The van der Waals surface area contributed by atoms with E-state index in [1.165, 1.54) is 30.1 Å². The fourth-order valence-electron chi connectivity index (χ4n) is 1.67. The number of hydrogen-bond donors (Lipinski definition) is 3. The molecule has 0 aliphatic heterocycles. The van der Waals surface area contributed by atoms with Crippen LogP contribution in [0.4, 0.5) is 22.9 Å². The van der Waals surface area contributed by atoms with Gasteiger partial charge in [-0.2, -0.15) is 0 Å². The lowest BCUT2D eigenvalue weighted by atomic mass is 10.2. The smallest absolute Gasteiger partial charge is 0.334 e. The lowest BCUT2D eigenvalue weighted by Gasteiger charge is -2.09. The van der Waals surface area contributed by atoms with Crippen molar-refractivity contribution in [2.75, 3.05) is 17.3 Å². The van der Waals surface area contributed by atoms with Crippen LogP contribution < -0.4 is 11.1 Å². The second-order valence-corrected chi connectivity index (χ2v) is 4.71. The van der Waals surface area contributed by atoms with Crippen molar-refractivity contribution in [1.82, 2.24) is 4.98 Å². The van der Waals surface area contributed by atoms with Gasteiger partial charge in [-0.1, -0.05) is 0 Å². The van der Waals surface area contributed by atoms with Gasteiger partial charge in [0, 0.05) is 11.9 Å². The first kappa shape index (κ1) is 13.9. The third kappa shape index (κ3) is 2.75. The van der Waals surface area contributed by atoms with Crippen molar-refractivity contribution in [2.45, 2.75) is 4.90 Å². The van der Waals surface area contributed by atoms with E-state index in [9.17, 15) is 15.2 Å². The number of aromatic hydroxyl groups is 1. The number of pyridine rings is 1. The number of aromatic nitrogens is 1. The summed E-state index contributed by atoms with van der Waals surface area (Å²) in [4.78, 5) is 14.8. The van der Waals surface area contributed by atoms with Gasteiger partial charge in [-0.05, 0) is 30.5 Å². The number of nitrogens with two attached hydrogens (primary N) is 1. The van der Waals surface area contributed by atoms with Gasteiger partial charge >= 0.3 is 5.69 Å². The lowest BCUT2D eigenvalue weighted by molar-refractivity contribution is -0.383. The number of nitro groups is 1. The molecule has 0 aliphatic rings. The zero-order valence-corrected chi connectivity index (χ0v) is 11.3. The Morgan fingerprint density at radius 2 is 2.20 bits per heavy atom. The number of nitrogens with one attached hydrogen (secondary N) is 1. The molecule has 8 heteroatoms. The molecule has 0 amide bonds. The minimum Gasteiger partial charge on any atom is -0.507 e. The molecule has 1 aromatic heterocycles.